The summed E-state index contributed by atoms with van der Waals surface area (Å²) in [5.74, 6) is -0.154. The van der Waals surface area contributed by atoms with Crippen LogP contribution in [0.15, 0.2) is 67.1 Å². The fourth-order valence-electron chi connectivity index (χ4n) is 1.98. The zero-order valence-electron chi connectivity index (χ0n) is 10.7. The van der Waals surface area contributed by atoms with Crippen LogP contribution in [0.3, 0.4) is 0 Å². The molecule has 0 bridgehead atoms. The minimum Gasteiger partial charge on any atom is -0.357 e. The largest absolute Gasteiger partial charge is 0.357 e. The molecule has 2 heterocycles. The van der Waals surface area contributed by atoms with Crippen molar-refractivity contribution >= 4 is 11.6 Å². The molecule has 4 heteroatoms. The molecule has 0 aliphatic heterocycles. The molecule has 0 saturated carbocycles. The van der Waals surface area contributed by atoms with Crippen LogP contribution in [0.4, 0.5) is 5.69 Å². The number of pyridine rings is 1. The van der Waals surface area contributed by atoms with Crippen LogP contribution in [0.5, 0.6) is 0 Å². The standard InChI is InChI=1S/C16H13N3O/c20-16(15-7-3-9-18-15)19-14-6-1-4-12(10-14)13-5-2-8-17-11-13/h1-11,18H,(H,19,20). The molecule has 0 radical (unpaired) electrons. The second-order valence-electron chi connectivity index (χ2n) is 4.36. The molecule has 1 amide bonds. The summed E-state index contributed by atoms with van der Waals surface area (Å²) in [6, 6.07) is 15.1. The van der Waals surface area contributed by atoms with Gasteiger partial charge in [-0.2, -0.15) is 0 Å². The first-order valence-corrected chi connectivity index (χ1v) is 6.28. The smallest absolute Gasteiger partial charge is 0.272 e. The van der Waals surface area contributed by atoms with E-state index in [4.69, 9.17) is 0 Å². The van der Waals surface area contributed by atoms with Gasteiger partial charge in [0.15, 0.2) is 0 Å². The molecule has 3 rings (SSSR count). The molecule has 4 nitrogen and oxygen atoms in total. The molecule has 98 valence electrons. The van der Waals surface area contributed by atoms with Crippen molar-refractivity contribution in [2.24, 2.45) is 0 Å². The lowest BCUT2D eigenvalue weighted by Crippen LogP contribution is -2.12. The highest BCUT2D eigenvalue weighted by Gasteiger charge is 2.07. The molecule has 0 atom stereocenters. The third-order valence-corrected chi connectivity index (χ3v) is 2.96. The van der Waals surface area contributed by atoms with E-state index in [0.717, 1.165) is 16.8 Å². The number of hydrogen-bond donors (Lipinski definition) is 2. The Morgan fingerprint density at radius 3 is 2.70 bits per heavy atom. The quantitative estimate of drug-likeness (QED) is 0.761. The second-order valence-corrected chi connectivity index (χ2v) is 4.36. The Kier molecular flexibility index (Phi) is 3.29. The first-order chi connectivity index (χ1) is 9.83. The van der Waals surface area contributed by atoms with Crippen LogP contribution in [0.2, 0.25) is 0 Å². The van der Waals surface area contributed by atoms with Gasteiger partial charge in [-0.1, -0.05) is 18.2 Å². The number of anilines is 1. The van der Waals surface area contributed by atoms with Crippen molar-refractivity contribution in [3.05, 3.63) is 72.8 Å². The van der Waals surface area contributed by atoms with Crippen LogP contribution in [-0.2, 0) is 0 Å². The van der Waals surface area contributed by atoms with Crippen LogP contribution in [-0.4, -0.2) is 15.9 Å². The van der Waals surface area contributed by atoms with Crippen LogP contribution in [0.25, 0.3) is 11.1 Å². The molecule has 20 heavy (non-hydrogen) atoms. The number of amides is 1. The summed E-state index contributed by atoms with van der Waals surface area (Å²) in [6.45, 7) is 0. The molecule has 3 aromatic rings. The number of aromatic amines is 1. The highest BCUT2D eigenvalue weighted by Crippen LogP contribution is 2.21. The van der Waals surface area contributed by atoms with Gasteiger partial charge in [0.2, 0.25) is 0 Å². The van der Waals surface area contributed by atoms with Gasteiger partial charge in [-0.05, 0) is 35.9 Å². The van der Waals surface area contributed by atoms with Gasteiger partial charge in [0.25, 0.3) is 5.91 Å². The zero-order chi connectivity index (χ0) is 13.8. The second kappa shape index (κ2) is 5.40. The fourth-order valence-corrected chi connectivity index (χ4v) is 1.98. The van der Waals surface area contributed by atoms with E-state index in [1.54, 1.807) is 30.7 Å². The van der Waals surface area contributed by atoms with Crippen molar-refractivity contribution in [3.8, 4) is 11.1 Å². The van der Waals surface area contributed by atoms with Crippen molar-refractivity contribution in [2.45, 2.75) is 0 Å². The minimum atomic E-state index is -0.154. The number of rotatable bonds is 3. The van der Waals surface area contributed by atoms with E-state index < -0.39 is 0 Å². The van der Waals surface area contributed by atoms with Gasteiger partial charge in [-0.3, -0.25) is 9.78 Å². The van der Waals surface area contributed by atoms with E-state index in [1.807, 2.05) is 36.4 Å². The molecule has 2 aromatic heterocycles. The number of H-pyrrole nitrogens is 1. The van der Waals surface area contributed by atoms with Crippen LogP contribution >= 0.6 is 0 Å². The van der Waals surface area contributed by atoms with Crippen molar-refractivity contribution in [1.29, 1.82) is 0 Å². The van der Waals surface area contributed by atoms with E-state index in [2.05, 4.69) is 15.3 Å². The van der Waals surface area contributed by atoms with Crippen molar-refractivity contribution in [3.63, 3.8) is 0 Å². The zero-order valence-corrected chi connectivity index (χ0v) is 10.7. The Hall–Kier alpha value is -2.88. The summed E-state index contributed by atoms with van der Waals surface area (Å²) in [6.07, 6.45) is 5.26. The topological polar surface area (TPSA) is 57.8 Å². The van der Waals surface area contributed by atoms with Gasteiger partial charge in [-0.25, -0.2) is 0 Å². The highest BCUT2D eigenvalue weighted by atomic mass is 16.1. The lowest BCUT2D eigenvalue weighted by atomic mass is 10.1. The number of benzene rings is 1. The van der Waals surface area contributed by atoms with Crippen LogP contribution in [0, 0.1) is 0 Å². The maximum atomic E-state index is 12.0. The third-order valence-electron chi connectivity index (χ3n) is 2.96. The average Bonchev–Trinajstić information content (AvgIpc) is 3.03. The summed E-state index contributed by atoms with van der Waals surface area (Å²) in [7, 11) is 0. The molecule has 0 saturated heterocycles. The molecule has 0 aliphatic carbocycles. The molecule has 2 N–H and O–H groups in total. The predicted octanol–water partition coefficient (Wildman–Crippen LogP) is 3.33. The van der Waals surface area contributed by atoms with Gasteiger partial charge in [0.05, 0.1) is 0 Å². The molecule has 0 spiro atoms. The summed E-state index contributed by atoms with van der Waals surface area (Å²) in [4.78, 5) is 18.9. The lowest BCUT2D eigenvalue weighted by molar-refractivity contribution is 0.102. The molecular weight excluding hydrogens is 250 g/mol. The van der Waals surface area contributed by atoms with Crippen LogP contribution < -0.4 is 5.32 Å². The number of nitrogens with zero attached hydrogens (tertiary/aromatic N) is 1. The summed E-state index contributed by atoms with van der Waals surface area (Å²) >= 11 is 0. The highest BCUT2D eigenvalue weighted by molar-refractivity contribution is 6.03. The summed E-state index contributed by atoms with van der Waals surface area (Å²) in [5.41, 5.74) is 3.33. The number of hydrogen-bond acceptors (Lipinski definition) is 2. The third kappa shape index (κ3) is 2.59. The van der Waals surface area contributed by atoms with Gasteiger partial charge in [0, 0.05) is 29.8 Å². The first-order valence-electron chi connectivity index (χ1n) is 6.28. The summed E-state index contributed by atoms with van der Waals surface area (Å²) < 4.78 is 0. The molecule has 1 aromatic carbocycles. The van der Waals surface area contributed by atoms with Crippen molar-refractivity contribution in [1.82, 2.24) is 9.97 Å². The monoisotopic (exact) mass is 263 g/mol. The first kappa shape index (κ1) is 12.2. The Morgan fingerprint density at radius 2 is 1.95 bits per heavy atom. The summed E-state index contributed by atoms with van der Waals surface area (Å²) in [5, 5.41) is 2.86. The Labute approximate surface area is 116 Å². The number of aromatic nitrogens is 2. The fraction of sp³-hybridized carbons (Fsp3) is 0. The van der Waals surface area contributed by atoms with Gasteiger partial charge in [-0.15, -0.1) is 0 Å². The van der Waals surface area contributed by atoms with Gasteiger partial charge >= 0.3 is 0 Å². The Morgan fingerprint density at radius 1 is 1.05 bits per heavy atom. The van der Waals surface area contributed by atoms with E-state index in [-0.39, 0.29) is 5.91 Å². The minimum absolute atomic E-state index is 0.154. The Balaban J connectivity index is 1.83. The number of carbonyl (C=O) groups excluding carboxylic acids is 1. The maximum Gasteiger partial charge on any atom is 0.272 e. The lowest BCUT2D eigenvalue weighted by Gasteiger charge is -2.06. The predicted molar refractivity (Wildman–Crippen MR) is 78.4 cm³/mol. The van der Waals surface area contributed by atoms with Crippen molar-refractivity contribution < 1.29 is 4.79 Å². The number of nitrogens with one attached hydrogen (secondary N) is 2. The molecule has 0 fully saturated rings. The Bertz CT molecular complexity index is 706. The van der Waals surface area contributed by atoms with Crippen molar-refractivity contribution in [2.75, 3.05) is 5.32 Å². The maximum absolute atomic E-state index is 12.0. The molecular formula is C16H13N3O. The van der Waals surface area contributed by atoms with Gasteiger partial charge in [0.1, 0.15) is 5.69 Å². The van der Waals surface area contributed by atoms with Crippen LogP contribution in [0.1, 0.15) is 10.5 Å². The average molecular weight is 263 g/mol. The molecule has 0 aliphatic rings. The molecule has 0 unspecified atom stereocenters. The van der Waals surface area contributed by atoms with E-state index in [1.165, 1.54) is 0 Å². The number of carbonyl (C=O) groups is 1. The van der Waals surface area contributed by atoms with E-state index in [9.17, 15) is 4.79 Å². The SMILES string of the molecule is O=C(Nc1cccc(-c2cccnc2)c1)c1ccc[nH]1. The normalized spacial score (nSPS) is 10.2. The van der Waals surface area contributed by atoms with Gasteiger partial charge < -0.3 is 10.3 Å². The van der Waals surface area contributed by atoms with E-state index in [0.29, 0.717) is 5.69 Å². The van der Waals surface area contributed by atoms with E-state index >= 15 is 0 Å².